The van der Waals surface area contributed by atoms with Gasteiger partial charge in [0, 0.05) is 21.9 Å². The molecule has 2 aromatic carbocycles. The lowest BCUT2D eigenvalue weighted by Crippen LogP contribution is -2.07. The second kappa shape index (κ2) is 5.68. The zero-order chi connectivity index (χ0) is 13.8. The predicted octanol–water partition coefficient (Wildman–Crippen LogP) is 3.17. The van der Waals surface area contributed by atoms with Crippen molar-refractivity contribution in [3.05, 3.63) is 58.4 Å². The maximum atomic E-state index is 13.5. The van der Waals surface area contributed by atoms with E-state index in [4.69, 9.17) is 5.84 Å². The maximum Gasteiger partial charge on any atom is 0.272 e. The molecule has 19 heavy (non-hydrogen) atoms. The van der Waals surface area contributed by atoms with Gasteiger partial charge in [-0.2, -0.15) is 0 Å². The summed E-state index contributed by atoms with van der Waals surface area (Å²) in [5, 5.41) is 10.8. The Bertz CT molecular complexity index is 622. The molecule has 98 valence electrons. The molecular formula is C12H10FN3O2S. The van der Waals surface area contributed by atoms with Gasteiger partial charge in [0.05, 0.1) is 10.6 Å². The standard InChI is InChI=1S/C12H10FN3O2S/c13-11-3-1-2-4-12(11)19-10-6-8(15-14)5-9(7-10)16(17)18/h1-7,15H,14H2. The molecule has 3 N–H and O–H groups in total. The maximum absolute atomic E-state index is 13.5. The van der Waals surface area contributed by atoms with Crippen LogP contribution >= 0.6 is 11.8 Å². The van der Waals surface area contributed by atoms with E-state index in [1.54, 1.807) is 24.3 Å². The molecular weight excluding hydrogens is 269 g/mol. The van der Waals surface area contributed by atoms with Crippen molar-refractivity contribution in [3.63, 3.8) is 0 Å². The molecule has 2 rings (SSSR count). The van der Waals surface area contributed by atoms with Crippen molar-refractivity contribution in [1.82, 2.24) is 0 Å². The number of nitro groups is 1. The Morgan fingerprint density at radius 3 is 2.63 bits per heavy atom. The van der Waals surface area contributed by atoms with Gasteiger partial charge in [0.25, 0.3) is 5.69 Å². The first-order valence-corrected chi connectivity index (χ1v) is 6.10. The third kappa shape index (κ3) is 3.21. The summed E-state index contributed by atoms with van der Waals surface area (Å²) in [4.78, 5) is 11.2. The number of non-ortho nitro benzene ring substituents is 1. The summed E-state index contributed by atoms with van der Waals surface area (Å²) in [6.45, 7) is 0. The van der Waals surface area contributed by atoms with E-state index in [1.165, 1.54) is 18.2 Å². The number of nitrogens with two attached hydrogens (primary N) is 1. The molecule has 0 spiro atoms. The minimum Gasteiger partial charge on any atom is -0.324 e. The van der Waals surface area contributed by atoms with Crippen LogP contribution < -0.4 is 11.3 Å². The zero-order valence-corrected chi connectivity index (χ0v) is 10.5. The van der Waals surface area contributed by atoms with Crippen LogP contribution in [0.3, 0.4) is 0 Å². The van der Waals surface area contributed by atoms with Crippen LogP contribution in [0.25, 0.3) is 0 Å². The van der Waals surface area contributed by atoms with E-state index in [0.29, 0.717) is 15.5 Å². The Morgan fingerprint density at radius 1 is 1.26 bits per heavy atom. The van der Waals surface area contributed by atoms with Crippen LogP contribution in [0, 0.1) is 15.9 Å². The topological polar surface area (TPSA) is 81.2 Å². The molecule has 0 heterocycles. The van der Waals surface area contributed by atoms with E-state index in [9.17, 15) is 14.5 Å². The van der Waals surface area contributed by atoms with Crippen LogP contribution in [0.1, 0.15) is 0 Å². The summed E-state index contributed by atoms with van der Waals surface area (Å²) in [5.74, 6) is 4.88. The van der Waals surface area contributed by atoms with E-state index < -0.39 is 4.92 Å². The molecule has 0 aromatic heterocycles. The van der Waals surface area contributed by atoms with Crippen LogP contribution in [0.15, 0.2) is 52.3 Å². The van der Waals surface area contributed by atoms with E-state index in [2.05, 4.69) is 5.43 Å². The summed E-state index contributed by atoms with van der Waals surface area (Å²) in [7, 11) is 0. The van der Waals surface area contributed by atoms with Crippen molar-refractivity contribution in [2.75, 3.05) is 5.43 Å². The first-order valence-electron chi connectivity index (χ1n) is 5.28. The third-order valence-corrected chi connectivity index (χ3v) is 3.36. The number of benzene rings is 2. The van der Waals surface area contributed by atoms with Crippen molar-refractivity contribution in [1.29, 1.82) is 0 Å². The van der Waals surface area contributed by atoms with Crippen molar-refractivity contribution in [2.24, 2.45) is 5.84 Å². The number of hydrazine groups is 1. The Morgan fingerprint density at radius 2 is 2.00 bits per heavy atom. The van der Waals surface area contributed by atoms with Crippen molar-refractivity contribution < 1.29 is 9.31 Å². The Labute approximate surface area is 112 Å². The van der Waals surface area contributed by atoms with Crippen LogP contribution in [-0.2, 0) is 0 Å². The highest BCUT2D eigenvalue weighted by Gasteiger charge is 2.11. The highest BCUT2D eigenvalue weighted by atomic mass is 32.2. The molecule has 0 radical (unpaired) electrons. The molecule has 0 amide bonds. The van der Waals surface area contributed by atoms with Gasteiger partial charge in [0.15, 0.2) is 0 Å². The van der Waals surface area contributed by atoms with Gasteiger partial charge in [-0.15, -0.1) is 0 Å². The minimum atomic E-state index is -0.522. The number of nitrogens with one attached hydrogen (secondary N) is 1. The molecule has 0 aliphatic rings. The van der Waals surface area contributed by atoms with Gasteiger partial charge in [-0.3, -0.25) is 16.0 Å². The zero-order valence-electron chi connectivity index (χ0n) is 9.67. The van der Waals surface area contributed by atoms with Gasteiger partial charge in [-0.25, -0.2) is 4.39 Å². The predicted molar refractivity (Wildman–Crippen MR) is 71.4 cm³/mol. The number of halogens is 1. The average molecular weight is 279 g/mol. The molecule has 0 unspecified atom stereocenters. The van der Waals surface area contributed by atoms with E-state index in [1.807, 2.05) is 0 Å². The molecule has 5 nitrogen and oxygen atoms in total. The van der Waals surface area contributed by atoms with Gasteiger partial charge < -0.3 is 5.43 Å². The van der Waals surface area contributed by atoms with Crippen LogP contribution in [0.2, 0.25) is 0 Å². The van der Waals surface area contributed by atoms with Crippen LogP contribution in [0.5, 0.6) is 0 Å². The molecule has 0 bridgehead atoms. The minimum absolute atomic E-state index is 0.103. The first-order chi connectivity index (χ1) is 9.10. The lowest BCUT2D eigenvalue weighted by molar-refractivity contribution is -0.385. The summed E-state index contributed by atoms with van der Waals surface area (Å²) in [5.41, 5.74) is 2.65. The van der Waals surface area contributed by atoms with Crippen LogP contribution in [0.4, 0.5) is 15.8 Å². The van der Waals surface area contributed by atoms with Crippen LogP contribution in [-0.4, -0.2) is 4.92 Å². The van der Waals surface area contributed by atoms with Gasteiger partial charge in [0.2, 0.25) is 0 Å². The first kappa shape index (κ1) is 13.3. The molecule has 0 fully saturated rings. The lowest BCUT2D eigenvalue weighted by atomic mass is 10.3. The fourth-order valence-corrected chi connectivity index (χ4v) is 2.42. The fourth-order valence-electron chi connectivity index (χ4n) is 1.49. The molecule has 7 heteroatoms. The largest absolute Gasteiger partial charge is 0.324 e. The molecule has 0 aliphatic heterocycles. The molecule has 0 saturated carbocycles. The third-order valence-electron chi connectivity index (χ3n) is 2.33. The van der Waals surface area contributed by atoms with Gasteiger partial charge in [-0.05, 0) is 18.2 Å². The monoisotopic (exact) mass is 279 g/mol. The number of nitrogens with zero attached hydrogens (tertiary/aromatic N) is 1. The second-order valence-corrected chi connectivity index (χ2v) is 4.76. The molecule has 0 aliphatic carbocycles. The lowest BCUT2D eigenvalue weighted by Gasteiger charge is -2.06. The molecule has 2 aromatic rings. The smallest absolute Gasteiger partial charge is 0.272 e. The summed E-state index contributed by atoms with van der Waals surface area (Å²) < 4.78 is 13.5. The van der Waals surface area contributed by atoms with E-state index in [-0.39, 0.29) is 11.5 Å². The summed E-state index contributed by atoms with van der Waals surface area (Å²) >= 11 is 1.10. The van der Waals surface area contributed by atoms with Gasteiger partial charge in [-0.1, -0.05) is 23.9 Å². The SMILES string of the molecule is NNc1cc(Sc2ccccc2F)cc([N+](=O)[O-])c1. The summed E-state index contributed by atoms with van der Waals surface area (Å²) in [6.07, 6.45) is 0. The molecule has 0 atom stereocenters. The van der Waals surface area contributed by atoms with Gasteiger partial charge >= 0.3 is 0 Å². The number of rotatable bonds is 4. The number of anilines is 1. The van der Waals surface area contributed by atoms with E-state index >= 15 is 0 Å². The fraction of sp³-hybridized carbons (Fsp3) is 0. The number of nitro benzene ring substituents is 1. The quantitative estimate of drug-likeness (QED) is 0.510. The van der Waals surface area contributed by atoms with Gasteiger partial charge in [0.1, 0.15) is 5.82 Å². The number of nitrogen functional groups attached to an aromatic ring is 1. The molecule has 0 saturated heterocycles. The number of hydrogen-bond donors (Lipinski definition) is 2. The van der Waals surface area contributed by atoms with Crippen molar-refractivity contribution in [3.8, 4) is 0 Å². The average Bonchev–Trinajstić information content (AvgIpc) is 2.41. The second-order valence-electron chi connectivity index (χ2n) is 3.65. The summed E-state index contributed by atoms with van der Waals surface area (Å²) in [6, 6.07) is 10.5. The van der Waals surface area contributed by atoms with Crippen molar-refractivity contribution >= 4 is 23.1 Å². The van der Waals surface area contributed by atoms with E-state index in [0.717, 1.165) is 11.8 Å². The Hall–Kier alpha value is -2.12. The Kier molecular flexibility index (Phi) is 3.98. The van der Waals surface area contributed by atoms with Crippen molar-refractivity contribution in [2.45, 2.75) is 9.79 Å². The number of hydrogen-bond acceptors (Lipinski definition) is 5. The highest BCUT2D eigenvalue weighted by molar-refractivity contribution is 7.99. The highest BCUT2D eigenvalue weighted by Crippen LogP contribution is 2.33. The normalized spacial score (nSPS) is 10.2. The Balaban J connectivity index is 2.37.